The molecule has 0 radical (unpaired) electrons. The molecule has 2 aromatic heterocycles. The molecule has 2 aromatic carbocycles. The maximum absolute atomic E-state index is 11.6. The van der Waals surface area contributed by atoms with Crippen molar-refractivity contribution >= 4 is 16.6 Å². The molecule has 1 saturated heterocycles. The second kappa shape index (κ2) is 8.87. The molecule has 0 bridgehead atoms. The molecule has 0 spiro atoms. The molecule has 6 heteroatoms. The summed E-state index contributed by atoms with van der Waals surface area (Å²) in [6.45, 7) is 7.98. The zero-order valence-electron chi connectivity index (χ0n) is 19.3. The van der Waals surface area contributed by atoms with Crippen LogP contribution >= 0.6 is 0 Å². The SMILES string of the molecule is Cc1cc(C(C)Nc2ccccc2-c2cc(=O)[nH]o2)c2cc(C3CCCOC3)c(C)nc2c1. The number of para-hydroxylation sites is 1. The van der Waals surface area contributed by atoms with Crippen LogP contribution in [0.2, 0.25) is 0 Å². The van der Waals surface area contributed by atoms with Crippen LogP contribution in [0.15, 0.2) is 57.8 Å². The summed E-state index contributed by atoms with van der Waals surface area (Å²) in [7, 11) is 0. The third kappa shape index (κ3) is 4.31. The van der Waals surface area contributed by atoms with Gasteiger partial charge in [-0.25, -0.2) is 0 Å². The maximum Gasteiger partial charge on any atom is 0.280 e. The fourth-order valence-corrected chi connectivity index (χ4v) is 4.87. The lowest BCUT2D eigenvalue weighted by atomic mass is 9.89. The van der Waals surface area contributed by atoms with Crippen molar-refractivity contribution in [1.82, 2.24) is 10.1 Å². The number of benzene rings is 2. The highest BCUT2D eigenvalue weighted by molar-refractivity contribution is 5.85. The largest absolute Gasteiger partial charge is 0.381 e. The Balaban J connectivity index is 1.55. The van der Waals surface area contributed by atoms with Crippen LogP contribution < -0.4 is 10.9 Å². The van der Waals surface area contributed by atoms with Crippen molar-refractivity contribution in [3.05, 3.63) is 81.3 Å². The number of ether oxygens (including phenoxy) is 1. The van der Waals surface area contributed by atoms with Crippen LogP contribution in [0.1, 0.15) is 54.1 Å². The molecule has 5 rings (SSSR count). The molecule has 0 saturated carbocycles. The first kappa shape index (κ1) is 21.5. The van der Waals surface area contributed by atoms with Gasteiger partial charge in [0.1, 0.15) is 0 Å². The van der Waals surface area contributed by atoms with Crippen molar-refractivity contribution in [2.75, 3.05) is 18.5 Å². The molecule has 1 aliphatic heterocycles. The average Bonchev–Trinajstić information content (AvgIpc) is 3.25. The first-order valence-electron chi connectivity index (χ1n) is 11.5. The van der Waals surface area contributed by atoms with Crippen molar-refractivity contribution in [1.29, 1.82) is 0 Å². The molecule has 0 aliphatic carbocycles. The number of nitrogens with one attached hydrogen (secondary N) is 2. The number of aryl methyl sites for hydroxylation is 2. The van der Waals surface area contributed by atoms with E-state index in [1.165, 1.54) is 22.8 Å². The fourth-order valence-electron chi connectivity index (χ4n) is 4.87. The summed E-state index contributed by atoms with van der Waals surface area (Å²) < 4.78 is 11.1. The van der Waals surface area contributed by atoms with E-state index in [2.05, 4.69) is 49.4 Å². The Bertz CT molecular complexity index is 1350. The van der Waals surface area contributed by atoms with Crippen molar-refractivity contribution in [3.63, 3.8) is 0 Å². The third-order valence-corrected chi connectivity index (χ3v) is 6.50. The predicted molar refractivity (Wildman–Crippen MR) is 131 cm³/mol. The van der Waals surface area contributed by atoms with E-state index in [1.54, 1.807) is 0 Å². The van der Waals surface area contributed by atoms with Gasteiger partial charge in [0.05, 0.1) is 18.2 Å². The van der Waals surface area contributed by atoms with Gasteiger partial charge >= 0.3 is 0 Å². The van der Waals surface area contributed by atoms with E-state index in [1.807, 2.05) is 24.3 Å². The monoisotopic (exact) mass is 443 g/mol. The average molecular weight is 444 g/mol. The Hall–Kier alpha value is -3.38. The summed E-state index contributed by atoms with van der Waals surface area (Å²) in [4.78, 5) is 16.6. The Morgan fingerprint density at radius 1 is 1.15 bits per heavy atom. The van der Waals surface area contributed by atoms with Gasteiger partial charge in [-0.15, -0.1) is 0 Å². The van der Waals surface area contributed by atoms with Gasteiger partial charge in [0, 0.05) is 40.9 Å². The molecule has 33 heavy (non-hydrogen) atoms. The lowest BCUT2D eigenvalue weighted by Crippen LogP contribution is -2.17. The van der Waals surface area contributed by atoms with Crippen LogP contribution in [0, 0.1) is 13.8 Å². The van der Waals surface area contributed by atoms with E-state index in [0.717, 1.165) is 53.9 Å². The fraction of sp³-hybridized carbons (Fsp3) is 0.333. The number of H-pyrrole nitrogens is 1. The number of pyridine rings is 1. The van der Waals surface area contributed by atoms with Gasteiger partial charge in [0.2, 0.25) is 0 Å². The summed E-state index contributed by atoms with van der Waals surface area (Å²) in [5.41, 5.74) is 7.26. The number of anilines is 1. The van der Waals surface area contributed by atoms with Crippen molar-refractivity contribution < 1.29 is 9.26 Å². The van der Waals surface area contributed by atoms with Gasteiger partial charge in [0.25, 0.3) is 5.56 Å². The summed E-state index contributed by atoms with van der Waals surface area (Å²) in [5.74, 6) is 0.909. The topological polar surface area (TPSA) is 80.2 Å². The number of rotatable bonds is 5. The van der Waals surface area contributed by atoms with Gasteiger partial charge in [-0.3, -0.25) is 9.78 Å². The predicted octanol–water partition coefficient (Wildman–Crippen LogP) is 5.87. The third-order valence-electron chi connectivity index (χ3n) is 6.50. The van der Waals surface area contributed by atoms with Crippen molar-refractivity contribution in [2.24, 2.45) is 0 Å². The lowest BCUT2D eigenvalue weighted by Gasteiger charge is -2.25. The molecule has 2 atom stereocenters. The van der Waals surface area contributed by atoms with Crippen LogP contribution in [0.5, 0.6) is 0 Å². The molecule has 170 valence electrons. The zero-order chi connectivity index (χ0) is 22.9. The maximum atomic E-state index is 11.6. The number of nitrogens with zero attached hydrogens (tertiary/aromatic N) is 1. The highest BCUT2D eigenvalue weighted by Crippen LogP contribution is 2.35. The Labute approximate surface area is 193 Å². The van der Waals surface area contributed by atoms with Crippen LogP contribution in [0.25, 0.3) is 22.2 Å². The Morgan fingerprint density at radius 2 is 2.00 bits per heavy atom. The van der Waals surface area contributed by atoms with E-state index in [0.29, 0.717) is 11.7 Å². The van der Waals surface area contributed by atoms with Gasteiger partial charge in [-0.05, 0) is 74.6 Å². The molecule has 0 amide bonds. The molecule has 3 heterocycles. The minimum Gasteiger partial charge on any atom is -0.381 e. The van der Waals surface area contributed by atoms with Crippen LogP contribution in [0.3, 0.4) is 0 Å². The molecular weight excluding hydrogens is 414 g/mol. The first-order valence-corrected chi connectivity index (χ1v) is 11.5. The van der Waals surface area contributed by atoms with Crippen molar-refractivity contribution in [2.45, 2.75) is 45.6 Å². The molecule has 1 fully saturated rings. The quantitative estimate of drug-likeness (QED) is 0.403. The van der Waals surface area contributed by atoms with E-state index >= 15 is 0 Å². The summed E-state index contributed by atoms with van der Waals surface area (Å²) in [5, 5.41) is 7.18. The second-order valence-electron chi connectivity index (χ2n) is 8.99. The lowest BCUT2D eigenvalue weighted by molar-refractivity contribution is 0.0802. The molecule has 2 unspecified atom stereocenters. The van der Waals surface area contributed by atoms with Gasteiger partial charge in [-0.2, -0.15) is 5.16 Å². The highest BCUT2D eigenvalue weighted by Gasteiger charge is 2.21. The molecular formula is C27H29N3O3. The van der Waals surface area contributed by atoms with Crippen molar-refractivity contribution in [3.8, 4) is 11.3 Å². The van der Waals surface area contributed by atoms with Gasteiger partial charge in [0.15, 0.2) is 5.76 Å². The van der Waals surface area contributed by atoms with E-state index in [-0.39, 0.29) is 11.6 Å². The first-order chi connectivity index (χ1) is 16.0. The minimum absolute atomic E-state index is 0.0131. The number of aromatic nitrogens is 2. The smallest absolute Gasteiger partial charge is 0.280 e. The van der Waals surface area contributed by atoms with Crippen LogP contribution in [-0.2, 0) is 4.74 Å². The summed E-state index contributed by atoms with van der Waals surface area (Å²) in [6.07, 6.45) is 2.23. The Morgan fingerprint density at radius 3 is 2.76 bits per heavy atom. The van der Waals surface area contributed by atoms with E-state index < -0.39 is 0 Å². The zero-order valence-corrected chi connectivity index (χ0v) is 19.3. The molecule has 6 nitrogen and oxygen atoms in total. The van der Waals surface area contributed by atoms with Crippen LogP contribution in [0.4, 0.5) is 5.69 Å². The number of aromatic amines is 1. The Kier molecular flexibility index (Phi) is 5.77. The summed E-state index contributed by atoms with van der Waals surface area (Å²) in [6, 6.07) is 16.1. The number of fused-ring (bicyclic) bond motifs is 1. The normalized spacial score (nSPS) is 17.2. The van der Waals surface area contributed by atoms with E-state index in [9.17, 15) is 4.79 Å². The number of hydrogen-bond donors (Lipinski definition) is 2. The highest BCUT2D eigenvalue weighted by atomic mass is 16.5. The summed E-state index contributed by atoms with van der Waals surface area (Å²) >= 11 is 0. The van der Waals surface area contributed by atoms with E-state index in [4.69, 9.17) is 14.2 Å². The standard InChI is InChI=1S/C27H29N3O3/c1-16-11-22(18(3)28-24-9-5-4-8-20(24)26-14-27(31)30-33-26)23-13-21(17(2)29-25(23)12-16)19-7-6-10-32-15-19/h4-5,8-9,11-14,18-19,28H,6-7,10,15H2,1-3H3,(H,30,31). The molecule has 1 aliphatic rings. The number of hydrogen-bond acceptors (Lipinski definition) is 5. The van der Waals surface area contributed by atoms with Crippen LogP contribution in [-0.4, -0.2) is 23.4 Å². The molecule has 2 N–H and O–H groups in total. The van der Waals surface area contributed by atoms with Gasteiger partial charge in [-0.1, -0.05) is 18.2 Å². The molecule has 4 aromatic rings. The minimum atomic E-state index is -0.252. The second-order valence-corrected chi connectivity index (χ2v) is 8.99. The van der Waals surface area contributed by atoms with Gasteiger partial charge < -0.3 is 14.6 Å².